The van der Waals surface area contributed by atoms with Crippen molar-refractivity contribution in [3.63, 3.8) is 0 Å². The highest BCUT2D eigenvalue weighted by atomic mass is 16.1. The van der Waals surface area contributed by atoms with Gasteiger partial charge in [-0.2, -0.15) is 5.10 Å². The van der Waals surface area contributed by atoms with E-state index in [4.69, 9.17) is 0 Å². The molecule has 2 rings (SSSR count). The van der Waals surface area contributed by atoms with Crippen LogP contribution in [0.2, 0.25) is 0 Å². The number of pyridine rings is 1. The molecule has 0 bridgehead atoms. The summed E-state index contributed by atoms with van der Waals surface area (Å²) < 4.78 is 1.76. The Kier molecular flexibility index (Phi) is 4.66. The molecule has 5 heteroatoms. The van der Waals surface area contributed by atoms with Crippen molar-refractivity contribution >= 4 is 5.91 Å². The van der Waals surface area contributed by atoms with Gasteiger partial charge in [0.2, 0.25) is 5.91 Å². The zero-order valence-corrected chi connectivity index (χ0v) is 11.0. The van der Waals surface area contributed by atoms with Gasteiger partial charge in [0, 0.05) is 43.8 Å². The lowest BCUT2D eigenvalue weighted by Crippen LogP contribution is -2.34. The molecule has 2 heterocycles. The Morgan fingerprint density at radius 2 is 2.32 bits per heavy atom. The van der Waals surface area contributed by atoms with Crippen molar-refractivity contribution in [3.8, 4) is 0 Å². The van der Waals surface area contributed by atoms with E-state index in [1.165, 1.54) is 0 Å². The van der Waals surface area contributed by atoms with Crippen LogP contribution in [0, 0.1) is 0 Å². The molecule has 19 heavy (non-hydrogen) atoms. The predicted octanol–water partition coefficient (Wildman–Crippen LogP) is 1.42. The Hall–Kier alpha value is -2.17. The summed E-state index contributed by atoms with van der Waals surface area (Å²) in [6, 6.07) is 5.87. The maximum absolute atomic E-state index is 11.8. The molecule has 0 saturated carbocycles. The average molecular weight is 258 g/mol. The first kappa shape index (κ1) is 13.3. The van der Waals surface area contributed by atoms with Crippen molar-refractivity contribution in [2.24, 2.45) is 0 Å². The van der Waals surface area contributed by atoms with Crippen molar-refractivity contribution in [1.82, 2.24) is 20.1 Å². The number of hydrogen-bond donors (Lipinski definition) is 1. The van der Waals surface area contributed by atoms with E-state index in [2.05, 4.69) is 15.4 Å². The van der Waals surface area contributed by atoms with Crippen molar-refractivity contribution in [2.75, 3.05) is 0 Å². The van der Waals surface area contributed by atoms with E-state index < -0.39 is 0 Å². The molecule has 1 amide bonds. The number of nitrogens with zero attached hydrogens (tertiary/aromatic N) is 3. The summed E-state index contributed by atoms with van der Waals surface area (Å²) in [5.74, 6) is 0.0480. The summed E-state index contributed by atoms with van der Waals surface area (Å²) in [5, 5.41) is 7.05. The zero-order valence-electron chi connectivity index (χ0n) is 11.0. The number of rotatable bonds is 6. The summed E-state index contributed by atoms with van der Waals surface area (Å²) in [5.41, 5.74) is 1.13. The maximum atomic E-state index is 11.8. The smallest absolute Gasteiger partial charge is 0.222 e. The molecule has 0 aromatic carbocycles. The second-order valence-corrected chi connectivity index (χ2v) is 4.55. The van der Waals surface area contributed by atoms with Crippen LogP contribution in [0.1, 0.15) is 18.9 Å². The van der Waals surface area contributed by atoms with Crippen LogP contribution in [-0.4, -0.2) is 26.7 Å². The first-order valence-electron chi connectivity index (χ1n) is 6.40. The number of carbonyl (C=O) groups is 1. The minimum Gasteiger partial charge on any atom is -0.353 e. The van der Waals surface area contributed by atoms with Crippen LogP contribution < -0.4 is 5.32 Å². The highest BCUT2D eigenvalue weighted by molar-refractivity contribution is 5.76. The Balaban J connectivity index is 1.72. The van der Waals surface area contributed by atoms with E-state index in [-0.39, 0.29) is 11.9 Å². The molecule has 0 aliphatic rings. The van der Waals surface area contributed by atoms with Crippen LogP contribution in [0.25, 0.3) is 0 Å². The highest BCUT2D eigenvalue weighted by Crippen LogP contribution is 2.01. The lowest BCUT2D eigenvalue weighted by atomic mass is 10.1. The van der Waals surface area contributed by atoms with Crippen LogP contribution in [0.4, 0.5) is 0 Å². The van der Waals surface area contributed by atoms with Gasteiger partial charge in [0.25, 0.3) is 0 Å². The number of hydrogen-bond acceptors (Lipinski definition) is 3. The Labute approximate surface area is 112 Å². The quantitative estimate of drug-likeness (QED) is 0.852. The van der Waals surface area contributed by atoms with Crippen LogP contribution in [0.15, 0.2) is 43.0 Å². The fourth-order valence-corrected chi connectivity index (χ4v) is 1.92. The molecular weight excluding hydrogens is 240 g/mol. The normalized spacial score (nSPS) is 12.1. The Morgan fingerprint density at radius 3 is 3.00 bits per heavy atom. The van der Waals surface area contributed by atoms with Gasteiger partial charge < -0.3 is 5.32 Å². The van der Waals surface area contributed by atoms with Gasteiger partial charge in [-0.05, 0) is 31.0 Å². The lowest BCUT2D eigenvalue weighted by Gasteiger charge is -2.13. The average Bonchev–Trinajstić information content (AvgIpc) is 2.90. The highest BCUT2D eigenvalue weighted by Gasteiger charge is 2.08. The topological polar surface area (TPSA) is 59.8 Å². The van der Waals surface area contributed by atoms with Gasteiger partial charge in [0.05, 0.1) is 0 Å². The van der Waals surface area contributed by atoms with E-state index in [0.717, 1.165) is 12.0 Å². The summed E-state index contributed by atoms with van der Waals surface area (Å²) >= 11 is 0. The summed E-state index contributed by atoms with van der Waals surface area (Å²) in [7, 11) is 0. The van der Waals surface area contributed by atoms with Gasteiger partial charge in [0.15, 0.2) is 0 Å². The van der Waals surface area contributed by atoms with Crippen molar-refractivity contribution in [1.29, 1.82) is 0 Å². The predicted molar refractivity (Wildman–Crippen MR) is 72.4 cm³/mol. The zero-order chi connectivity index (χ0) is 13.5. The third-order valence-corrected chi connectivity index (χ3v) is 2.80. The van der Waals surface area contributed by atoms with E-state index in [1.54, 1.807) is 17.1 Å². The Bertz CT molecular complexity index is 495. The van der Waals surface area contributed by atoms with Crippen molar-refractivity contribution in [3.05, 3.63) is 48.5 Å². The van der Waals surface area contributed by atoms with Crippen LogP contribution in [0.3, 0.4) is 0 Å². The first-order chi connectivity index (χ1) is 9.24. The van der Waals surface area contributed by atoms with Gasteiger partial charge in [-0.3, -0.25) is 14.5 Å². The number of aryl methyl sites for hydroxylation is 1. The number of carbonyl (C=O) groups excluding carboxylic acids is 1. The third-order valence-electron chi connectivity index (χ3n) is 2.80. The van der Waals surface area contributed by atoms with Gasteiger partial charge >= 0.3 is 0 Å². The molecule has 0 aliphatic heterocycles. The van der Waals surface area contributed by atoms with Crippen LogP contribution >= 0.6 is 0 Å². The molecule has 0 unspecified atom stereocenters. The van der Waals surface area contributed by atoms with E-state index in [9.17, 15) is 4.79 Å². The van der Waals surface area contributed by atoms with Crippen molar-refractivity contribution < 1.29 is 4.79 Å². The van der Waals surface area contributed by atoms with E-state index in [0.29, 0.717) is 13.0 Å². The second kappa shape index (κ2) is 6.68. The van der Waals surface area contributed by atoms with Gasteiger partial charge in [0.1, 0.15) is 0 Å². The fraction of sp³-hybridized carbons (Fsp3) is 0.357. The fourth-order valence-electron chi connectivity index (χ4n) is 1.92. The number of aromatic nitrogens is 3. The van der Waals surface area contributed by atoms with Crippen molar-refractivity contribution in [2.45, 2.75) is 32.4 Å². The molecule has 1 N–H and O–H groups in total. The molecule has 1 atom stereocenters. The standard InChI is InChI=1S/C14H18N4O/c1-12(10-13-4-2-6-15-11-13)17-14(19)5-9-18-8-3-7-16-18/h2-4,6-8,11-12H,5,9-10H2,1H3,(H,17,19)/t12-/m1/s1. The minimum absolute atomic E-state index is 0.0480. The monoisotopic (exact) mass is 258 g/mol. The summed E-state index contributed by atoms with van der Waals surface area (Å²) in [4.78, 5) is 15.8. The molecule has 0 fully saturated rings. The molecule has 0 radical (unpaired) electrons. The van der Waals surface area contributed by atoms with E-state index >= 15 is 0 Å². The molecule has 0 aliphatic carbocycles. The van der Waals surface area contributed by atoms with Crippen LogP contribution in [-0.2, 0) is 17.8 Å². The molecule has 0 saturated heterocycles. The molecule has 100 valence electrons. The van der Waals surface area contributed by atoms with Gasteiger partial charge in [-0.15, -0.1) is 0 Å². The molecule has 0 spiro atoms. The van der Waals surface area contributed by atoms with Crippen LogP contribution in [0.5, 0.6) is 0 Å². The second-order valence-electron chi connectivity index (χ2n) is 4.55. The van der Waals surface area contributed by atoms with E-state index in [1.807, 2.05) is 37.5 Å². The third kappa shape index (κ3) is 4.54. The lowest BCUT2D eigenvalue weighted by molar-refractivity contribution is -0.121. The SMILES string of the molecule is C[C@H](Cc1cccnc1)NC(=O)CCn1cccn1. The largest absolute Gasteiger partial charge is 0.353 e. The molecule has 2 aromatic heterocycles. The number of amides is 1. The minimum atomic E-state index is 0.0480. The maximum Gasteiger partial charge on any atom is 0.222 e. The molecule has 5 nitrogen and oxygen atoms in total. The molecular formula is C14H18N4O. The Morgan fingerprint density at radius 1 is 1.42 bits per heavy atom. The number of nitrogens with one attached hydrogen (secondary N) is 1. The summed E-state index contributed by atoms with van der Waals surface area (Å²) in [6.45, 7) is 2.61. The van der Waals surface area contributed by atoms with Gasteiger partial charge in [-0.25, -0.2) is 0 Å². The molecule has 2 aromatic rings. The summed E-state index contributed by atoms with van der Waals surface area (Å²) in [6.07, 6.45) is 8.37. The first-order valence-corrected chi connectivity index (χ1v) is 6.40. The van der Waals surface area contributed by atoms with Gasteiger partial charge in [-0.1, -0.05) is 6.07 Å².